The lowest BCUT2D eigenvalue weighted by Gasteiger charge is -2.29. The maximum absolute atomic E-state index is 11.9. The van der Waals surface area contributed by atoms with E-state index in [4.69, 9.17) is 4.74 Å². The molecule has 0 aliphatic carbocycles. The van der Waals surface area contributed by atoms with E-state index in [1.165, 1.54) is 0 Å². The number of dihydropyridines is 1. The second kappa shape index (κ2) is 7.96. The Morgan fingerprint density at radius 2 is 1.61 bits per heavy atom. The molecule has 2 heterocycles. The summed E-state index contributed by atoms with van der Waals surface area (Å²) in [5, 5.41) is 22.4. The third-order valence-electron chi connectivity index (χ3n) is 4.55. The molecule has 3 N–H and O–H groups in total. The summed E-state index contributed by atoms with van der Waals surface area (Å²) in [6.45, 7) is 3.42. The maximum atomic E-state index is 11.9. The number of nitrogens with zero attached hydrogens (tertiary/aromatic N) is 1. The van der Waals surface area contributed by atoms with Crippen molar-refractivity contribution in [2.75, 3.05) is 0 Å². The number of rotatable bonds is 6. The monoisotopic (exact) mass is 380 g/mol. The molecule has 1 aliphatic heterocycles. The van der Waals surface area contributed by atoms with Crippen molar-refractivity contribution < 1.29 is 24.5 Å². The minimum Gasteiger partial charge on any atom is -0.487 e. The second-order valence-electron chi connectivity index (χ2n) is 6.39. The average molecular weight is 380 g/mol. The zero-order chi connectivity index (χ0) is 20.3. The third kappa shape index (κ3) is 3.73. The van der Waals surface area contributed by atoms with Crippen LogP contribution in [0.15, 0.2) is 71.2 Å². The summed E-state index contributed by atoms with van der Waals surface area (Å²) in [4.78, 5) is 28.1. The van der Waals surface area contributed by atoms with Crippen molar-refractivity contribution in [1.82, 2.24) is 10.3 Å². The number of pyridine rings is 1. The third-order valence-corrected chi connectivity index (χ3v) is 4.55. The summed E-state index contributed by atoms with van der Waals surface area (Å²) < 4.78 is 5.89. The molecule has 144 valence electrons. The highest BCUT2D eigenvalue weighted by Gasteiger charge is 2.37. The van der Waals surface area contributed by atoms with Crippen LogP contribution in [0, 0.1) is 0 Å². The number of hydrogen-bond acceptors (Lipinski definition) is 5. The van der Waals surface area contributed by atoms with Crippen LogP contribution in [0.2, 0.25) is 0 Å². The topological polar surface area (TPSA) is 109 Å². The molecule has 28 heavy (non-hydrogen) atoms. The van der Waals surface area contributed by atoms with Crippen molar-refractivity contribution in [3.8, 4) is 5.75 Å². The number of aliphatic carboxylic acids is 2. The molecule has 0 bridgehead atoms. The van der Waals surface area contributed by atoms with Gasteiger partial charge in [0.2, 0.25) is 0 Å². The van der Waals surface area contributed by atoms with Crippen LogP contribution in [-0.4, -0.2) is 27.1 Å². The van der Waals surface area contributed by atoms with Gasteiger partial charge in [-0.05, 0) is 32.0 Å². The van der Waals surface area contributed by atoms with Gasteiger partial charge >= 0.3 is 11.9 Å². The van der Waals surface area contributed by atoms with Gasteiger partial charge in [-0.25, -0.2) is 9.59 Å². The summed E-state index contributed by atoms with van der Waals surface area (Å²) in [6, 6.07) is 12.3. The molecule has 0 spiro atoms. The van der Waals surface area contributed by atoms with E-state index < -0.39 is 17.9 Å². The van der Waals surface area contributed by atoms with Crippen LogP contribution in [0.4, 0.5) is 0 Å². The molecule has 0 saturated carbocycles. The molecule has 3 rings (SSSR count). The zero-order valence-electron chi connectivity index (χ0n) is 15.5. The highest BCUT2D eigenvalue weighted by molar-refractivity contribution is 5.98. The summed E-state index contributed by atoms with van der Waals surface area (Å²) in [6.07, 6.45) is 1.65. The maximum Gasteiger partial charge on any atom is 0.334 e. The van der Waals surface area contributed by atoms with Crippen molar-refractivity contribution in [3.63, 3.8) is 0 Å². The Kier molecular flexibility index (Phi) is 5.44. The molecular weight excluding hydrogens is 360 g/mol. The Morgan fingerprint density at radius 3 is 2.18 bits per heavy atom. The fraction of sp³-hybridized carbons (Fsp3) is 0.190. The van der Waals surface area contributed by atoms with Gasteiger partial charge in [-0.15, -0.1) is 0 Å². The van der Waals surface area contributed by atoms with Crippen molar-refractivity contribution in [2.45, 2.75) is 26.4 Å². The van der Waals surface area contributed by atoms with E-state index in [9.17, 15) is 19.8 Å². The largest absolute Gasteiger partial charge is 0.487 e. The molecule has 1 aromatic carbocycles. The Hall–Kier alpha value is -3.61. The Labute approximate surface area is 162 Å². The predicted octanol–water partition coefficient (Wildman–Crippen LogP) is 3.06. The van der Waals surface area contributed by atoms with Gasteiger partial charge in [0, 0.05) is 23.2 Å². The van der Waals surface area contributed by atoms with Gasteiger partial charge in [0.15, 0.2) is 0 Å². The molecule has 7 nitrogen and oxygen atoms in total. The molecule has 2 aromatic rings. The molecule has 0 unspecified atom stereocenters. The Bertz CT molecular complexity index is 943. The second-order valence-corrected chi connectivity index (χ2v) is 6.39. The Morgan fingerprint density at radius 1 is 1.00 bits per heavy atom. The number of benzene rings is 1. The lowest BCUT2D eigenvalue weighted by Crippen LogP contribution is -2.31. The Balaban J connectivity index is 2.07. The molecule has 1 aliphatic rings. The van der Waals surface area contributed by atoms with Gasteiger partial charge in [-0.2, -0.15) is 0 Å². The minimum atomic E-state index is -1.18. The zero-order valence-corrected chi connectivity index (χ0v) is 15.5. The van der Waals surface area contributed by atoms with Gasteiger partial charge < -0.3 is 20.3 Å². The first-order valence-electron chi connectivity index (χ1n) is 8.67. The lowest BCUT2D eigenvalue weighted by molar-refractivity contribution is -0.133. The number of carboxylic acids is 2. The molecule has 0 atom stereocenters. The minimum absolute atomic E-state index is 0.0168. The number of hydrogen-bond donors (Lipinski definition) is 3. The summed E-state index contributed by atoms with van der Waals surface area (Å²) in [5.41, 5.74) is 1.96. The van der Waals surface area contributed by atoms with Crippen LogP contribution < -0.4 is 10.1 Å². The van der Waals surface area contributed by atoms with Gasteiger partial charge in [0.25, 0.3) is 0 Å². The van der Waals surface area contributed by atoms with Crippen molar-refractivity contribution in [1.29, 1.82) is 0 Å². The summed E-state index contributed by atoms with van der Waals surface area (Å²) in [7, 11) is 0. The van der Waals surface area contributed by atoms with E-state index in [-0.39, 0.29) is 17.8 Å². The fourth-order valence-electron chi connectivity index (χ4n) is 3.36. The number of allylic oxidation sites excluding steroid dienone is 2. The van der Waals surface area contributed by atoms with E-state index >= 15 is 0 Å². The van der Waals surface area contributed by atoms with Crippen molar-refractivity contribution >= 4 is 11.9 Å². The van der Waals surface area contributed by atoms with Crippen LogP contribution in [-0.2, 0) is 16.2 Å². The smallest absolute Gasteiger partial charge is 0.334 e. The highest BCUT2D eigenvalue weighted by atomic mass is 16.5. The van der Waals surface area contributed by atoms with E-state index in [1.54, 1.807) is 50.4 Å². The van der Waals surface area contributed by atoms with Crippen molar-refractivity contribution in [3.05, 3.63) is 82.5 Å². The molecule has 0 radical (unpaired) electrons. The van der Waals surface area contributed by atoms with Crippen molar-refractivity contribution in [2.24, 2.45) is 0 Å². The van der Waals surface area contributed by atoms with Crippen LogP contribution >= 0.6 is 0 Å². The number of carbonyl (C=O) groups is 2. The number of nitrogens with one attached hydrogen (secondary N) is 1. The summed E-state index contributed by atoms with van der Waals surface area (Å²) in [5.74, 6) is -2.91. The fourth-order valence-corrected chi connectivity index (χ4v) is 3.36. The van der Waals surface area contributed by atoms with Crippen LogP contribution in [0.25, 0.3) is 0 Å². The number of ether oxygens (including phenoxy) is 1. The first-order chi connectivity index (χ1) is 13.4. The number of para-hydroxylation sites is 1. The SMILES string of the molecule is CC1=C(C(=O)O)C(c2ccccc2OCc2ccccn2)C(C(=O)O)=C(C)N1. The van der Waals surface area contributed by atoms with Gasteiger partial charge in [0.05, 0.1) is 22.8 Å². The van der Waals surface area contributed by atoms with E-state index in [1.807, 2.05) is 12.1 Å². The molecular formula is C21H20N2O5. The van der Waals surface area contributed by atoms with E-state index in [0.29, 0.717) is 28.4 Å². The standard InChI is InChI=1S/C21H20N2O5/c1-12-17(20(24)25)19(18(21(26)27)13(2)23-12)15-8-3-4-9-16(15)28-11-14-7-5-6-10-22-14/h3-10,19,23H,11H2,1-2H3,(H,24,25)(H,26,27). The van der Waals surface area contributed by atoms with Gasteiger partial charge in [-0.1, -0.05) is 24.3 Å². The van der Waals surface area contributed by atoms with Crippen LogP contribution in [0.1, 0.15) is 31.0 Å². The first-order valence-corrected chi connectivity index (χ1v) is 8.67. The highest BCUT2D eigenvalue weighted by Crippen LogP contribution is 2.42. The van der Waals surface area contributed by atoms with E-state index in [0.717, 1.165) is 0 Å². The van der Waals surface area contributed by atoms with Crippen LogP contribution in [0.3, 0.4) is 0 Å². The number of aromatic nitrogens is 1. The summed E-state index contributed by atoms with van der Waals surface area (Å²) >= 11 is 0. The van der Waals surface area contributed by atoms with Gasteiger partial charge in [0.1, 0.15) is 12.4 Å². The van der Waals surface area contributed by atoms with E-state index in [2.05, 4.69) is 10.3 Å². The molecule has 0 fully saturated rings. The van der Waals surface area contributed by atoms with Gasteiger partial charge in [-0.3, -0.25) is 4.98 Å². The number of carboxylic acid groups (broad SMARTS) is 2. The predicted molar refractivity (Wildman–Crippen MR) is 102 cm³/mol. The van der Waals surface area contributed by atoms with Crippen LogP contribution in [0.5, 0.6) is 5.75 Å². The normalized spacial score (nSPS) is 14.6. The molecule has 1 aromatic heterocycles. The molecule has 7 heteroatoms. The quantitative estimate of drug-likeness (QED) is 0.707. The average Bonchev–Trinajstić information content (AvgIpc) is 2.66. The lowest BCUT2D eigenvalue weighted by atomic mass is 9.80. The molecule has 0 saturated heterocycles. The molecule has 0 amide bonds. The first kappa shape index (κ1) is 19.2.